The highest BCUT2D eigenvalue weighted by Crippen LogP contribution is 2.26. The van der Waals surface area contributed by atoms with Crippen LogP contribution in [0.1, 0.15) is 27.2 Å². The zero-order valence-corrected chi connectivity index (χ0v) is 14.7. The zero-order valence-electron chi connectivity index (χ0n) is 14.7. The monoisotopic (exact) mass is 333 g/mol. The van der Waals surface area contributed by atoms with E-state index < -0.39 is 0 Å². The van der Waals surface area contributed by atoms with Crippen LogP contribution in [0.4, 0.5) is 10.5 Å². The van der Waals surface area contributed by atoms with Crippen LogP contribution in [-0.4, -0.2) is 49.6 Å². The molecule has 1 aromatic rings. The lowest BCUT2D eigenvalue weighted by Gasteiger charge is -2.21. The van der Waals surface area contributed by atoms with Gasteiger partial charge in [0.2, 0.25) is 5.91 Å². The predicted octanol–water partition coefficient (Wildman–Crippen LogP) is 2.49. The molecule has 1 unspecified atom stereocenters. The standard InChI is InChI=1S/C18H27N3O3/c1-4-20(5-2)18(23)19-12-14-11-17(22)21(13-14)15-7-9-16(10-8-15)24-6-3/h7-10,14H,4-6,11-13H2,1-3H3,(H,19,23). The lowest BCUT2D eigenvalue weighted by molar-refractivity contribution is -0.117. The molecule has 1 aromatic carbocycles. The molecule has 1 aliphatic heterocycles. The number of benzene rings is 1. The van der Waals surface area contributed by atoms with E-state index in [1.807, 2.05) is 45.0 Å². The fourth-order valence-corrected chi connectivity index (χ4v) is 2.91. The van der Waals surface area contributed by atoms with Crippen molar-refractivity contribution in [3.63, 3.8) is 0 Å². The lowest BCUT2D eigenvalue weighted by atomic mass is 10.1. The number of nitrogens with zero attached hydrogens (tertiary/aromatic N) is 2. The summed E-state index contributed by atoms with van der Waals surface area (Å²) in [5.41, 5.74) is 0.876. The Hall–Kier alpha value is -2.24. The van der Waals surface area contributed by atoms with Crippen LogP contribution in [0.3, 0.4) is 0 Å². The Morgan fingerprint density at radius 3 is 2.50 bits per heavy atom. The molecule has 1 N–H and O–H groups in total. The first-order chi connectivity index (χ1) is 11.6. The minimum Gasteiger partial charge on any atom is -0.494 e. The molecular weight excluding hydrogens is 306 g/mol. The summed E-state index contributed by atoms with van der Waals surface area (Å²) < 4.78 is 5.42. The molecule has 1 fully saturated rings. The summed E-state index contributed by atoms with van der Waals surface area (Å²) in [7, 11) is 0. The number of rotatable bonds is 7. The number of amides is 3. The first-order valence-corrected chi connectivity index (χ1v) is 8.65. The summed E-state index contributed by atoms with van der Waals surface area (Å²) in [4.78, 5) is 27.8. The van der Waals surface area contributed by atoms with Gasteiger partial charge in [0.25, 0.3) is 0 Å². The van der Waals surface area contributed by atoms with Crippen molar-refractivity contribution < 1.29 is 14.3 Å². The van der Waals surface area contributed by atoms with Gasteiger partial charge in [0, 0.05) is 44.2 Å². The quantitative estimate of drug-likeness (QED) is 0.834. The van der Waals surface area contributed by atoms with Crippen molar-refractivity contribution in [1.82, 2.24) is 10.2 Å². The number of nitrogens with one attached hydrogen (secondary N) is 1. The van der Waals surface area contributed by atoms with Crippen molar-refractivity contribution in [3.8, 4) is 5.75 Å². The Labute approximate surface area is 143 Å². The van der Waals surface area contributed by atoms with Gasteiger partial charge in [-0.15, -0.1) is 0 Å². The van der Waals surface area contributed by atoms with Gasteiger partial charge in [-0.3, -0.25) is 4.79 Å². The molecule has 1 aliphatic rings. The van der Waals surface area contributed by atoms with Crippen LogP contribution in [-0.2, 0) is 4.79 Å². The van der Waals surface area contributed by atoms with Crippen molar-refractivity contribution in [1.29, 1.82) is 0 Å². The molecule has 0 aliphatic carbocycles. The van der Waals surface area contributed by atoms with Gasteiger partial charge in [-0.25, -0.2) is 4.79 Å². The van der Waals surface area contributed by atoms with Crippen LogP contribution in [0.5, 0.6) is 5.75 Å². The van der Waals surface area contributed by atoms with E-state index in [1.165, 1.54) is 0 Å². The fraction of sp³-hybridized carbons (Fsp3) is 0.556. The van der Waals surface area contributed by atoms with Gasteiger partial charge in [-0.05, 0) is 45.0 Å². The van der Waals surface area contributed by atoms with Gasteiger partial charge in [0.15, 0.2) is 0 Å². The summed E-state index contributed by atoms with van der Waals surface area (Å²) in [5, 5.41) is 2.93. The van der Waals surface area contributed by atoms with Crippen molar-refractivity contribution in [3.05, 3.63) is 24.3 Å². The zero-order chi connectivity index (χ0) is 17.5. The minimum absolute atomic E-state index is 0.0630. The Bertz CT molecular complexity index is 555. The van der Waals surface area contributed by atoms with Crippen LogP contribution in [0.2, 0.25) is 0 Å². The molecule has 0 aromatic heterocycles. The van der Waals surface area contributed by atoms with Crippen molar-refractivity contribution in [2.24, 2.45) is 5.92 Å². The maximum atomic E-state index is 12.3. The van der Waals surface area contributed by atoms with Crippen molar-refractivity contribution in [2.45, 2.75) is 27.2 Å². The van der Waals surface area contributed by atoms with Crippen LogP contribution in [0.25, 0.3) is 0 Å². The molecule has 6 heteroatoms. The molecule has 0 spiro atoms. The first kappa shape index (κ1) is 18.1. The van der Waals surface area contributed by atoms with E-state index in [2.05, 4.69) is 5.32 Å². The molecule has 0 saturated carbocycles. The topological polar surface area (TPSA) is 61.9 Å². The molecule has 1 atom stereocenters. The van der Waals surface area contributed by atoms with Crippen molar-refractivity contribution >= 4 is 17.6 Å². The Kier molecular flexibility index (Phi) is 6.46. The van der Waals surface area contributed by atoms with Gasteiger partial charge in [0.05, 0.1) is 6.61 Å². The van der Waals surface area contributed by atoms with Crippen LogP contribution in [0.15, 0.2) is 24.3 Å². The summed E-state index contributed by atoms with van der Waals surface area (Å²) in [5.74, 6) is 1.04. The number of hydrogen-bond acceptors (Lipinski definition) is 3. The highest BCUT2D eigenvalue weighted by atomic mass is 16.5. The van der Waals surface area contributed by atoms with E-state index >= 15 is 0 Å². The molecule has 132 valence electrons. The highest BCUT2D eigenvalue weighted by Gasteiger charge is 2.31. The second kappa shape index (κ2) is 8.57. The van der Waals surface area contributed by atoms with Gasteiger partial charge < -0.3 is 19.9 Å². The third-order valence-electron chi connectivity index (χ3n) is 4.26. The molecular formula is C18H27N3O3. The fourth-order valence-electron chi connectivity index (χ4n) is 2.91. The Morgan fingerprint density at radius 2 is 1.92 bits per heavy atom. The maximum absolute atomic E-state index is 12.3. The van der Waals surface area contributed by atoms with E-state index in [1.54, 1.807) is 9.80 Å². The van der Waals surface area contributed by atoms with Gasteiger partial charge in [-0.2, -0.15) is 0 Å². The number of carbonyl (C=O) groups is 2. The predicted molar refractivity (Wildman–Crippen MR) is 94.4 cm³/mol. The summed E-state index contributed by atoms with van der Waals surface area (Å²) in [6.45, 7) is 8.99. The molecule has 2 rings (SSSR count). The molecule has 1 saturated heterocycles. The second-order valence-electron chi connectivity index (χ2n) is 5.86. The van der Waals surface area contributed by atoms with Gasteiger partial charge in [0.1, 0.15) is 5.75 Å². The molecule has 0 bridgehead atoms. The largest absolute Gasteiger partial charge is 0.494 e. The average Bonchev–Trinajstić information content (AvgIpc) is 2.96. The van der Waals surface area contributed by atoms with E-state index in [0.717, 1.165) is 11.4 Å². The molecule has 6 nitrogen and oxygen atoms in total. The smallest absolute Gasteiger partial charge is 0.317 e. The van der Waals surface area contributed by atoms with Crippen LogP contribution < -0.4 is 15.0 Å². The average molecular weight is 333 g/mol. The number of ether oxygens (including phenoxy) is 1. The molecule has 3 amide bonds. The normalized spacial score (nSPS) is 17.0. The van der Waals surface area contributed by atoms with E-state index in [0.29, 0.717) is 39.2 Å². The van der Waals surface area contributed by atoms with E-state index in [4.69, 9.17) is 4.74 Å². The van der Waals surface area contributed by atoms with E-state index in [-0.39, 0.29) is 17.9 Å². The molecule has 1 heterocycles. The highest BCUT2D eigenvalue weighted by molar-refractivity contribution is 5.95. The number of anilines is 1. The van der Waals surface area contributed by atoms with Gasteiger partial charge >= 0.3 is 6.03 Å². The van der Waals surface area contributed by atoms with Crippen LogP contribution in [0, 0.1) is 5.92 Å². The third kappa shape index (κ3) is 4.40. The van der Waals surface area contributed by atoms with E-state index in [9.17, 15) is 9.59 Å². The van der Waals surface area contributed by atoms with Crippen molar-refractivity contribution in [2.75, 3.05) is 37.7 Å². The second-order valence-corrected chi connectivity index (χ2v) is 5.86. The van der Waals surface area contributed by atoms with Crippen LogP contribution >= 0.6 is 0 Å². The first-order valence-electron chi connectivity index (χ1n) is 8.65. The SMILES string of the molecule is CCOc1ccc(N2CC(CNC(=O)N(CC)CC)CC2=O)cc1. The molecule has 0 radical (unpaired) electrons. The molecule has 24 heavy (non-hydrogen) atoms. The Morgan fingerprint density at radius 1 is 1.25 bits per heavy atom. The summed E-state index contributed by atoms with van der Waals surface area (Å²) in [6.07, 6.45) is 0.464. The lowest BCUT2D eigenvalue weighted by Crippen LogP contribution is -2.42. The number of urea groups is 1. The maximum Gasteiger partial charge on any atom is 0.317 e. The van der Waals surface area contributed by atoms with Gasteiger partial charge in [-0.1, -0.05) is 0 Å². The number of hydrogen-bond donors (Lipinski definition) is 1. The Balaban J connectivity index is 1.90. The summed E-state index contributed by atoms with van der Waals surface area (Å²) >= 11 is 0. The number of carbonyl (C=O) groups excluding carboxylic acids is 2. The minimum atomic E-state index is -0.0630. The summed E-state index contributed by atoms with van der Waals surface area (Å²) in [6, 6.07) is 7.50. The third-order valence-corrected chi connectivity index (χ3v) is 4.26.